The Labute approximate surface area is 97.6 Å². The van der Waals surface area contributed by atoms with Crippen LogP contribution in [0.5, 0.6) is 0 Å². The maximum Gasteiger partial charge on any atom is 0.246 e. The van der Waals surface area contributed by atoms with E-state index in [0.29, 0.717) is 17.4 Å². The molecule has 0 bridgehead atoms. The van der Waals surface area contributed by atoms with Crippen LogP contribution in [0.1, 0.15) is 6.92 Å². The Morgan fingerprint density at radius 2 is 2.00 bits per heavy atom. The summed E-state index contributed by atoms with van der Waals surface area (Å²) in [7, 11) is 0. The first-order chi connectivity index (χ1) is 7.65. The van der Waals surface area contributed by atoms with Crippen LogP contribution in [0.4, 0.5) is 5.69 Å². The number of amides is 1. The molecule has 0 aromatic heterocycles. The van der Waals surface area contributed by atoms with E-state index in [-0.39, 0.29) is 5.78 Å². The maximum atomic E-state index is 11.6. The van der Waals surface area contributed by atoms with Gasteiger partial charge in [0.15, 0.2) is 11.0 Å². The van der Waals surface area contributed by atoms with Crippen LogP contribution < -0.4 is 5.32 Å². The van der Waals surface area contributed by atoms with Gasteiger partial charge in [0.1, 0.15) is 5.40 Å². The number of hydrogen-bond acceptors (Lipinski definition) is 4. The Kier molecular flexibility index (Phi) is 4.55. The number of carbonyl (C=O) groups excluding carboxylic acids is 2. The van der Waals surface area contributed by atoms with E-state index in [0.717, 1.165) is 0 Å². The molecule has 0 saturated carbocycles. The molecule has 0 heterocycles. The van der Waals surface area contributed by atoms with Gasteiger partial charge in [-0.3, -0.25) is 9.59 Å². The zero-order valence-electron chi connectivity index (χ0n) is 8.64. The summed E-state index contributed by atoms with van der Waals surface area (Å²) in [4.78, 5) is 22.8. The predicted molar refractivity (Wildman–Crippen MR) is 62.7 cm³/mol. The van der Waals surface area contributed by atoms with Crippen molar-refractivity contribution in [1.29, 1.82) is 5.26 Å². The normalized spacial score (nSPS) is 11.2. The van der Waals surface area contributed by atoms with E-state index in [1.165, 1.54) is 6.92 Å². The van der Waals surface area contributed by atoms with Crippen LogP contribution in [0, 0.1) is 10.7 Å². The smallest absolute Gasteiger partial charge is 0.246 e. The number of rotatable bonds is 4. The zero-order valence-corrected chi connectivity index (χ0v) is 9.45. The number of carbonyl (C=O) groups is 2. The second-order valence-electron chi connectivity index (χ2n) is 3.06. The quantitative estimate of drug-likeness (QED) is 0.637. The maximum absolute atomic E-state index is 11.6. The molecule has 0 aliphatic heterocycles. The summed E-state index contributed by atoms with van der Waals surface area (Å²) in [5.74, 6) is -0.801. The molecular formula is C11H10N2O2S. The number of Topliss-reactive ketones (excluding diaryl/α,β-unsaturated/α-hetero) is 1. The third kappa shape index (κ3) is 3.41. The molecule has 16 heavy (non-hydrogen) atoms. The van der Waals surface area contributed by atoms with Gasteiger partial charge in [-0.05, 0) is 30.8 Å². The molecule has 1 rings (SSSR count). The van der Waals surface area contributed by atoms with Gasteiger partial charge in [-0.25, -0.2) is 0 Å². The number of hydrogen-bond donors (Lipinski definition) is 1. The van der Waals surface area contributed by atoms with E-state index < -0.39 is 11.2 Å². The first kappa shape index (κ1) is 12.3. The second kappa shape index (κ2) is 5.93. The minimum Gasteiger partial charge on any atom is -0.325 e. The predicted octanol–water partition coefficient (Wildman–Crippen LogP) is 1.80. The molecule has 0 fully saturated rings. The highest BCUT2D eigenvalue weighted by molar-refractivity contribution is 8.05. The molecule has 1 atom stereocenters. The van der Waals surface area contributed by atoms with E-state index in [2.05, 4.69) is 5.32 Å². The number of benzene rings is 1. The van der Waals surface area contributed by atoms with Crippen molar-refractivity contribution in [3.05, 3.63) is 30.3 Å². The Balaban J connectivity index is 2.71. The number of ketones is 1. The van der Waals surface area contributed by atoms with E-state index in [1.54, 1.807) is 29.7 Å². The van der Waals surface area contributed by atoms with E-state index >= 15 is 0 Å². The van der Waals surface area contributed by atoms with E-state index in [4.69, 9.17) is 5.26 Å². The lowest BCUT2D eigenvalue weighted by Crippen LogP contribution is -2.30. The molecule has 0 saturated heterocycles. The van der Waals surface area contributed by atoms with Gasteiger partial charge in [0.05, 0.1) is 0 Å². The second-order valence-corrected chi connectivity index (χ2v) is 3.94. The summed E-state index contributed by atoms with van der Waals surface area (Å²) in [6.45, 7) is 1.29. The van der Waals surface area contributed by atoms with Gasteiger partial charge < -0.3 is 5.32 Å². The van der Waals surface area contributed by atoms with Crippen molar-refractivity contribution in [2.75, 3.05) is 5.32 Å². The molecule has 82 valence electrons. The molecule has 5 heteroatoms. The average Bonchev–Trinajstić information content (AvgIpc) is 2.26. The summed E-state index contributed by atoms with van der Waals surface area (Å²) < 4.78 is 0. The van der Waals surface area contributed by atoms with Crippen molar-refractivity contribution in [3.63, 3.8) is 0 Å². The number of thioether (sulfide) groups is 1. The topological polar surface area (TPSA) is 70.0 Å². The van der Waals surface area contributed by atoms with Crippen molar-refractivity contribution in [1.82, 2.24) is 0 Å². The first-order valence-corrected chi connectivity index (χ1v) is 5.44. The Morgan fingerprint density at radius 1 is 1.38 bits per heavy atom. The van der Waals surface area contributed by atoms with Crippen LogP contribution in [0.25, 0.3) is 0 Å². The Bertz CT molecular complexity index is 425. The highest BCUT2D eigenvalue weighted by Gasteiger charge is 2.23. The number of nitrogens with one attached hydrogen (secondary N) is 1. The van der Waals surface area contributed by atoms with Gasteiger partial charge in [0.25, 0.3) is 0 Å². The van der Waals surface area contributed by atoms with Crippen LogP contribution >= 0.6 is 11.8 Å². The SMILES string of the molecule is CC(=O)C(SC#N)C(=O)Nc1ccccc1. The molecule has 4 nitrogen and oxygen atoms in total. The molecule has 0 spiro atoms. The van der Waals surface area contributed by atoms with Crippen molar-refractivity contribution in [2.24, 2.45) is 0 Å². The summed E-state index contributed by atoms with van der Waals surface area (Å²) in [5, 5.41) is 11.8. The standard InChI is InChI=1S/C11H10N2O2S/c1-8(14)10(16-7-12)11(15)13-9-5-3-2-4-6-9/h2-6,10H,1H3,(H,13,15). The lowest BCUT2D eigenvalue weighted by molar-refractivity contribution is -0.123. The molecular weight excluding hydrogens is 224 g/mol. The number of thiocyanates is 1. The molecule has 0 radical (unpaired) electrons. The van der Waals surface area contributed by atoms with Crippen LogP contribution in [-0.4, -0.2) is 16.9 Å². The first-order valence-electron chi connectivity index (χ1n) is 4.56. The lowest BCUT2D eigenvalue weighted by atomic mass is 10.2. The molecule has 1 amide bonds. The molecule has 0 aliphatic carbocycles. The van der Waals surface area contributed by atoms with Crippen molar-refractivity contribution < 1.29 is 9.59 Å². The number of nitriles is 1. The fourth-order valence-corrected chi connectivity index (χ4v) is 1.54. The van der Waals surface area contributed by atoms with Gasteiger partial charge >= 0.3 is 0 Å². The van der Waals surface area contributed by atoms with Crippen molar-refractivity contribution in [3.8, 4) is 5.40 Å². The molecule has 1 aromatic rings. The largest absolute Gasteiger partial charge is 0.325 e. The third-order valence-corrected chi connectivity index (χ3v) is 2.71. The summed E-state index contributed by atoms with van der Waals surface area (Å²) >= 11 is 0.656. The van der Waals surface area contributed by atoms with Crippen LogP contribution in [0.3, 0.4) is 0 Å². The van der Waals surface area contributed by atoms with Crippen molar-refractivity contribution in [2.45, 2.75) is 12.2 Å². The average molecular weight is 234 g/mol. The Morgan fingerprint density at radius 3 is 2.50 bits per heavy atom. The van der Waals surface area contributed by atoms with Gasteiger partial charge in [-0.15, -0.1) is 0 Å². The number of nitrogens with zero attached hydrogens (tertiary/aromatic N) is 1. The van der Waals surface area contributed by atoms with Crippen LogP contribution in [0.2, 0.25) is 0 Å². The summed E-state index contributed by atoms with van der Waals surface area (Å²) in [5.41, 5.74) is 0.609. The zero-order chi connectivity index (χ0) is 12.0. The molecule has 0 aliphatic rings. The monoisotopic (exact) mass is 234 g/mol. The summed E-state index contributed by atoms with van der Waals surface area (Å²) in [6.07, 6.45) is 0. The highest BCUT2D eigenvalue weighted by atomic mass is 32.2. The van der Waals surface area contributed by atoms with Crippen molar-refractivity contribution >= 4 is 29.1 Å². The van der Waals surface area contributed by atoms with Gasteiger partial charge in [-0.2, -0.15) is 5.26 Å². The third-order valence-electron chi connectivity index (χ3n) is 1.82. The minimum absolute atomic E-state index is 0.333. The van der Waals surface area contributed by atoms with Gasteiger partial charge in [0.2, 0.25) is 5.91 Å². The molecule has 1 unspecified atom stereocenters. The van der Waals surface area contributed by atoms with Crippen LogP contribution in [-0.2, 0) is 9.59 Å². The molecule has 1 N–H and O–H groups in total. The lowest BCUT2D eigenvalue weighted by Gasteiger charge is -2.09. The van der Waals surface area contributed by atoms with Crippen LogP contribution in [0.15, 0.2) is 30.3 Å². The fourth-order valence-electron chi connectivity index (χ4n) is 1.10. The number of anilines is 1. The van der Waals surface area contributed by atoms with Gasteiger partial charge in [-0.1, -0.05) is 18.2 Å². The van der Waals surface area contributed by atoms with Gasteiger partial charge in [0, 0.05) is 5.69 Å². The van der Waals surface area contributed by atoms with E-state index in [1.807, 2.05) is 6.07 Å². The highest BCUT2D eigenvalue weighted by Crippen LogP contribution is 2.14. The molecule has 1 aromatic carbocycles. The Hall–Kier alpha value is -1.80. The minimum atomic E-state index is -0.967. The van der Waals surface area contributed by atoms with E-state index in [9.17, 15) is 9.59 Å². The fraction of sp³-hybridized carbons (Fsp3) is 0.182. The number of para-hydroxylation sites is 1. The summed E-state index contributed by atoms with van der Waals surface area (Å²) in [6, 6.07) is 8.80.